The van der Waals surface area contributed by atoms with Gasteiger partial charge in [0, 0.05) is 51.7 Å². The lowest BCUT2D eigenvalue weighted by Gasteiger charge is -2.03. The first kappa shape index (κ1) is 23.4. The zero-order valence-corrected chi connectivity index (χ0v) is 16.7. The monoisotopic (exact) mass is 534 g/mol. The summed E-state index contributed by atoms with van der Waals surface area (Å²) in [6.07, 6.45) is 3.43. The van der Waals surface area contributed by atoms with E-state index in [1.165, 1.54) is 12.8 Å². The zero-order valence-electron chi connectivity index (χ0n) is 12.4. The Balaban J connectivity index is 0. The summed E-state index contributed by atoms with van der Waals surface area (Å²) in [7, 11) is 0. The van der Waals surface area contributed by atoms with Crippen LogP contribution < -0.4 is 11.1 Å². The van der Waals surface area contributed by atoms with Crippen LogP contribution in [-0.2, 0) is 9.47 Å². The van der Waals surface area contributed by atoms with Crippen LogP contribution in [0.3, 0.4) is 0 Å². The number of nitrogens with one attached hydrogen (secondary N) is 1. The second kappa shape index (κ2) is 20.1. The van der Waals surface area contributed by atoms with Gasteiger partial charge < -0.3 is 20.5 Å². The van der Waals surface area contributed by atoms with Crippen molar-refractivity contribution in [2.24, 2.45) is 5.73 Å². The third-order valence-electron chi connectivity index (χ3n) is 2.00. The fraction of sp³-hybridized carbons (Fsp3) is 0.571. The van der Waals surface area contributed by atoms with Crippen LogP contribution >= 0.6 is 45.2 Å². The summed E-state index contributed by atoms with van der Waals surface area (Å²) < 4.78 is 14.1. The van der Waals surface area contributed by atoms with Gasteiger partial charge in [-0.05, 0) is 14.3 Å². The van der Waals surface area contributed by atoms with E-state index in [0.29, 0.717) is 6.54 Å². The molecular weight excluding hydrogens is 514 g/mol. The summed E-state index contributed by atoms with van der Waals surface area (Å²) in [6.45, 7) is 3.10. The number of hydrogen-bond donors (Lipinski definition) is 2. The number of alkyl carbamates (subject to hydrolysis) is 1. The fourth-order valence-corrected chi connectivity index (χ4v) is 1.37. The van der Waals surface area contributed by atoms with E-state index in [1.54, 1.807) is 0 Å². The summed E-state index contributed by atoms with van der Waals surface area (Å²) in [4.78, 5) is 20.8. The van der Waals surface area contributed by atoms with Gasteiger partial charge in [-0.3, -0.25) is 0 Å². The van der Waals surface area contributed by atoms with Gasteiger partial charge in [0.05, 0.1) is 0 Å². The molecule has 0 aliphatic heterocycles. The predicted molar refractivity (Wildman–Crippen MR) is 103 cm³/mol. The Kier molecular flexibility index (Phi) is 21.4. The van der Waals surface area contributed by atoms with Crippen LogP contribution in [0.5, 0.6) is 0 Å². The van der Waals surface area contributed by atoms with Gasteiger partial charge in [-0.15, -0.1) is 0 Å². The van der Waals surface area contributed by atoms with Crippen molar-refractivity contribution < 1.29 is 19.1 Å². The molecular formula is C14H20I2N2O4. The van der Waals surface area contributed by atoms with Crippen LogP contribution in [0.4, 0.5) is 9.59 Å². The van der Waals surface area contributed by atoms with Gasteiger partial charge in [0.2, 0.25) is 0 Å². The van der Waals surface area contributed by atoms with Gasteiger partial charge in [0.15, 0.2) is 13.2 Å². The van der Waals surface area contributed by atoms with Crippen molar-refractivity contribution in [3.05, 3.63) is 0 Å². The molecule has 0 atom stereocenters. The Morgan fingerprint density at radius 1 is 1.05 bits per heavy atom. The van der Waals surface area contributed by atoms with E-state index in [1.807, 2.05) is 45.2 Å². The molecule has 6 nitrogen and oxygen atoms in total. The summed E-state index contributed by atoms with van der Waals surface area (Å²) in [5.74, 6) is 5.14. The fourth-order valence-electron chi connectivity index (χ4n) is 1.06. The highest BCUT2D eigenvalue weighted by Crippen LogP contribution is 1.96. The van der Waals surface area contributed by atoms with Gasteiger partial charge in [0.25, 0.3) is 0 Å². The van der Waals surface area contributed by atoms with E-state index < -0.39 is 6.09 Å². The Hall–Kier alpha value is -0.880. The van der Waals surface area contributed by atoms with E-state index in [2.05, 4.69) is 42.4 Å². The number of rotatable bonds is 7. The first-order chi connectivity index (χ1) is 10.6. The molecule has 0 aliphatic rings. The molecule has 0 radical (unpaired) electrons. The molecule has 0 saturated carbocycles. The van der Waals surface area contributed by atoms with Crippen LogP contribution in [0.1, 0.15) is 32.6 Å². The first-order valence-corrected chi connectivity index (χ1v) is 8.74. The van der Waals surface area contributed by atoms with E-state index in [4.69, 9.17) is 4.74 Å². The third-order valence-corrected chi connectivity index (χ3v) is 2.76. The Morgan fingerprint density at radius 3 is 2.14 bits per heavy atom. The largest absolute Gasteiger partial charge is 0.436 e. The highest BCUT2D eigenvalue weighted by atomic mass is 127. The number of carbonyl (C=O) groups is 2. The van der Waals surface area contributed by atoms with Crippen LogP contribution in [-0.4, -0.2) is 31.9 Å². The minimum Gasteiger partial charge on any atom is -0.436 e. The SMILES string of the molecule is CCCCCCNC(=O)OCC#CI.NC(=O)OCC#CI. The van der Waals surface area contributed by atoms with Crippen molar-refractivity contribution >= 4 is 57.4 Å². The number of carbonyl (C=O) groups excluding carboxylic acids is 2. The molecule has 8 heteroatoms. The molecule has 124 valence electrons. The van der Waals surface area contributed by atoms with Crippen molar-refractivity contribution in [2.45, 2.75) is 32.6 Å². The van der Waals surface area contributed by atoms with E-state index in [0.717, 1.165) is 12.8 Å². The molecule has 2 amide bonds. The minimum absolute atomic E-state index is 0.0816. The highest BCUT2D eigenvalue weighted by Gasteiger charge is 1.98. The van der Waals surface area contributed by atoms with E-state index >= 15 is 0 Å². The molecule has 0 aliphatic carbocycles. The molecule has 0 bridgehead atoms. The maximum Gasteiger partial charge on any atom is 0.408 e. The van der Waals surface area contributed by atoms with E-state index in [9.17, 15) is 9.59 Å². The maximum atomic E-state index is 10.9. The van der Waals surface area contributed by atoms with Crippen LogP contribution in [0.15, 0.2) is 0 Å². The molecule has 0 fully saturated rings. The molecule has 0 saturated heterocycles. The van der Waals surface area contributed by atoms with Gasteiger partial charge in [-0.2, -0.15) is 0 Å². The normalized spacial score (nSPS) is 7.95. The minimum atomic E-state index is -0.788. The number of primary amides is 1. The Labute approximate surface area is 158 Å². The molecule has 0 rings (SSSR count). The second-order valence-electron chi connectivity index (χ2n) is 3.71. The van der Waals surface area contributed by atoms with Crippen LogP contribution in [0, 0.1) is 19.7 Å². The molecule has 0 aromatic heterocycles. The zero-order chi connectivity index (χ0) is 17.1. The van der Waals surface area contributed by atoms with Crippen molar-refractivity contribution in [1.82, 2.24) is 5.32 Å². The van der Waals surface area contributed by atoms with Crippen molar-refractivity contribution in [1.29, 1.82) is 0 Å². The van der Waals surface area contributed by atoms with E-state index in [-0.39, 0.29) is 19.3 Å². The Morgan fingerprint density at radius 2 is 1.64 bits per heavy atom. The number of halogens is 2. The molecule has 0 aromatic rings. The number of hydrogen-bond acceptors (Lipinski definition) is 4. The number of ether oxygens (including phenoxy) is 2. The average Bonchev–Trinajstić information content (AvgIpc) is 2.48. The molecule has 0 spiro atoms. The number of nitrogens with two attached hydrogens (primary N) is 1. The molecule has 0 unspecified atom stereocenters. The first-order valence-electron chi connectivity index (χ1n) is 6.58. The molecule has 3 N–H and O–H groups in total. The lowest BCUT2D eigenvalue weighted by Crippen LogP contribution is -2.25. The van der Waals surface area contributed by atoms with Gasteiger partial charge >= 0.3 is 12.2 Å². The highest BCUT2D eigenvalue weighted by molar-refractivity contribution is 14.1. The standard InChI is InChI=1S/C10H16INO2.C4H4INO2/c1-2-3-4-5-8-12-10(13)14-9-6-7-11;5-2-1-3-8-4(6)7/h2-5,8-9H2,1H3,(H,12,13);3H2,(H2,6,7). The molecule has 22 heavy (non-hydrogen) atoms. The summed E-state index contributed by atoms with van der Waals surface area (Å²) >= 11 is 3.75. The lowest BCUT2D eigenvalue weighted by molar-refractivity contribution is 0.160. The van der Waals surface area contributed by atoms with Gasteiger partial charge in [-0.1, -0.05) is 38.0 Å². The summed E-state index contributed by atoms with van der Waals surface area (Å²) in [6, 6.07) is 0. The van der Waals surface area contributed by atoms with Crippen molar-refractivity contribution in [3.63, 3.8) is 0 Å². The second-order valence-corrected chi connectivity index (χ2v) is 4.79. The van der Waals surface area contributed by atoms with Crippen molar-refractivity contribution in [3.8, 4) is 19.7 Å². The summed E-state index contributed by atoms with van der Waals surface area (Å²) in [5, 5.41) is 2.67. The number of unbranched alkanes of at least 4 members (excludes halogenated alkanes) is 3. The molecule has 0 heterocycles. The smallest absolute Gasteiger partial charge is 0.408 e. The third kappa shape index (κ3) is 24.2. The molecule has 0 aromatic carbocycles. The predicted octanol–water partition coefficient (Wildman–Crippen LogP) is 3.17. The van der Waals surface area contributed by atoms with Gasteiger partial charge in [-0.25, -0.2) is 9.59 Å². The number of amides is 2. The van der Waals surface area contributed by atoms with Crippen LogP contribution in [0.25, 0.3) is 0 Å². The Bertz CT molecular complexity index is 422. The van der Waals surface area contributed by atoms with Crippen molar-refractivity contribution in [2.75, 3.05) is 19.8 Å². The summed E-state index contributed by atoms with van der Waals surface area (Å²) in [5.41, 5.74) is 4.60. The van der Waals surface area contributed by atoms with Crippen LogP contribution in [0.2, 0.25) is 0 Å². The topological polar surface area (TPSA) is 90.6 Å². The lowest BCUT2D eigenvalue weighted by atomic mass is 10.2. The van der Waals surface area contributed by atoms with Gasteiger partial charge in [0.1, 0.15) is 0 Å². The maximum absolute atomic E-state index is 10.9. The average molecular weight is 534 g/mol. The quantitative estimate of drug-likeness (QED) is 0.299.